The largest absolute Gasteiger partial charge is 0.458 e. The molecule has 1 aliphatic carbocycles. The molecule has 1 fully saturated rings. The fourth-order valence-electron chi connectivity index (χ4n) is 3.12. The van der Waals surface area contributed by atoms with E-state index >= 15 is 0 Å². The van der Waals surface area contributed by atoms with Gasteiger partial charge in [0.1, 0.15) is 18.3 Å². The first-order chi connectivity index (χ1) is 12.1. The fourth-order valence-corrected chi connectivity index (χ4v) is 3.12. The molecule has 0 aromatic rings. The summed E-state index contributed by atoms with van der Waals surface area (Å²) in [5, 5.41) is 10.6. The molecular weight excluding hydrogens is 336 g/mol. The number of ketones is 1. The summed E-state index contributed by atoms with van der Waals surface area (Å²) in [7, 11) is 0. The lowest BCUT2D eigenvalue weighted by atomic mass is 9.83. The van der Waals surface area contributed by atoms with Gasteiger partial charge in [-0.25, -0.2) is 9.59 Å². The van der Waals surface area contributed by atoms with E-state index < -0.39 is 36.2 Å². The van der Waals surface area contributed by atoms with E-state index in [9.17, 15) is 19.5 Å². The summed E-state index contributed by atoms with van der Waals surface area (Å²) in [6.07, 6.45) is 1.66. The quantitative estimate of drug-likeness (QED) is 0.600. The molecule has 0 aromatic carbocycles. The summed E-state index contributed by atoms with van der Waals surface area (Å²) in [5.41, 5.74) is 1.63. The monoisotopic (exact) mass is 360 g/mol. The molecule has 1 saturated heterocycles. The van der Waals surface area contributed by atoms with Crippen LogP contribution in [0.4, 0.5) is 0 Å². The van der Waals surface area contributed by atoms with Crippen LogP contribution in [0.15, 0.2) is 47.1 Å². The molecule has 0 amide bonds. The van der Waals surface area contributed by atoms with Crippen molar-refractivity contribution in [3.63, 3.8) is 0 Å². The van der Waals surface area contributed by atoms with Crippen molar-refractivity contribution in [3.8, 4) is 0 Å². The summed E-state index contributed by atoms with van der Waals surface area (Å²) >= 11 is 0. The van der Waals surface area contributed by atoms with Crippen LogP contribution in [-0.4, -0.2) is 41.1 Å². The van der Waals surface area contributed by atoms with Gasteiger partial charge in [0.2, 0.25) is 0 Å². The maximum Gasteiger partial charge on any atom is 0.334 e. The zero-order chi connectivity index (χ0) is 19.6. The highest BCUT2D eigenvalue weighted by atomic mass is 16.6. The summed E-state index contributed by atoms with van der Waals surface area (Å²) in [4.78, 5) is 36.4. The Hall–Kier alpha value is -2.47. The molecule has 6 nitrogen and oxygen atoms in total. The van der Waals surface area contributed by atoms with Crippen molar-refractivity contribution in [2.24, 2.45) is 5.92 Å². The van der Waals surface area contributed by atoms with Crippen molar-refractivity contribution < 1.29 is 29.0 Å². The molecule has 26 heavy (non-hydrogen) atoms. The highest BCUT2D eigenvalue weighted by Gasteiger charge is 2.48. The molecule has 0 saturated carbocycles. The van der Waals surface area contributed by atoms with E-state index in [-0.39, 0.29) is 17.8 Å². The van der Waals surface area contributed by atoms with Crippen molar-refractivity contribution in [1.29, 1.82) is 0 Å². The van der Waals surface area contributed by atoms with Crippen molar-refractivity contribution in [3.05, 3.63) is 47.1 Å². The molecule has 0 unspecified atom stereocenters. The van der Waals surface area contributed by atoms with Crippen LogP contribution in [0.3, 0.4) is 0 Å². The van der Waals surface area contributed by atoms with E-state index in [1.54, 1.807) is 33.8 Å². The van der Waals surface area contributed by atoms with Gasteiger partial charge in [-0.1, -0.05) is 18.2 Å². The molecule has 4 atom stereocenters. The Bertz CT molecular complexity index is 739. The number of hydrogen-bond acceptors (Lipinski definition) is 6. The third-order valence-electron chi connectivity index (χ3n) is 4.74. The predicted octanol–water partition coefficient (Wildman–Crippen LogP) is 2.19. The number of aliphatic hydroxyl groups excluding tert-OH is 1. The molecule has 0 aromatic heterocycles. The molecule has 1 aliphatic heterocycles. The van der Waals surface area contributed by atoms with Crippen LogP contribution in [0.5, 0.6) is 0 Å². The standard InChI is InChI=1S/C20H24O6/c1-6-11(3)19(23)25-15-8-10(2)7-14(21)9-12(4)17(22)18-16(15)13(5)20(24)26-18/h6-7,9,15-18,22H,5,8H2,1-4H3/b10-7-,11-6-,12-9+/t15-,16+,17-,18-/m0/s1. The van der Waals surface area contributed by atoms with Crippen LogP contribution in [-0.2, 0) is 23.9 Å². The van der Waals surface area contributed by atoms with E-state index in [0.29, 0.717) is 16.7 Å². The third kappa shape index (κ3) is 4.02. The molecule has 1 N–H and O–H groups in total. The van der Waals surface area contributed by atoms with Crippen molar-refractivity contribution in [2.45, 2.75) is 52.4 Å². The molecule has 6 heteroatoms. The maximum absolute atomic E-state index is 12.3. The van der Waals surface area contributed by atoms with Crippen LogP contribution in [0.1, 0.15) is 34.1 Å². The van der Waals surface area contributed by atoms with E-state index in [4.69, 9.17) is 9.47 Å². The number of allylic oxidation sites excluding steroid dienone is 3. The van der Waals surface area contributed by atoms with Gasteiger partial charge in [0.05, 0.1) is 5.92 Å². The van der Waals surface area contributed by atoms with Crippen LogP contribution >= 0.6 is 0 Å². The second kappa shape index (κ2) is 7.83. The van der Waals surface area contributed by atoms with E-state index in [0.717, 1.165) is 0 Å². The number of rotatable bonds is 2. The highest BCUT2D eigenvalue weighted by molar-refractivity contribution is 6.00. The minimum Gasteiger partial charge on any atom is -0.458 e. The van der Waals surface area contributed by atoms with Gasteiger partial charge in [0.15, 0.2) is 5.78 Å². The second-order valence-electron chi connectivity index (χ2n) is 6.77. The lowest BCUT2D eigenvalue weighted by Gasteiger charge is -2.30. The number of fused-ring (bicyclic) bond motifs is 1. The van der Waals surface area contributed by atoms with Gasteiger partial charge in [-0.3, -0.25) is 4.79 Å². The van der Waals surface area contributed by atoms with Crippen LogP contribution in [0, 0.1) is 5.92 Å². The number of esters is 2. The van der Waals surface area contributed by atoms with E-state index in [2.05, 4.69) is 6.58 Å². The molecule has 0 bridgehead atoms. The molecule has 140 valence electrons. The molecule has 2 rings (SSSR count). The Kier molecular flexibility index (Phi) is 5.97. The fraction of sp³-hybridized carbons (Fsp3) is 0.450. The number of carbonyl (C=O) groups excluding carboxylic acids is 3. The minimum absolute atomic E-state index is 0.150. The molecular formula is C20H24O6. The van der Waals surface area contributed by atoms with Crippen molar-refractivity contribution in [2.75, 3.05) is 0 Å². The van der Waals surface area contributed by atoms with Crippen molar-refractivity contribution in [1.82, 2.24) is 0 Å². The summed E-state index contributed by atoms with van der Waals surface area (Å²) in [6, 6.07) is 0. The lowest BCUT2D eigenvalue weighted by molar-refractivity contribution is -0.150. The zero-order valence-electron chi connectivity index (χ0n) is 15.4. The average molecular weight is 360 g/mol. The van der Waals surface area contributed by atoms with Crippen molar-refractivity contribution >= 4 is 17.7 Å². The predicted molar refractivity (Wildman–Crippen MR) is 95.0 cm³/mol. The van der Waals surface area contributed by atoms with Crippen LogP contribution < -0.4 is 0 Å². The Morgan fingerprint density at radius 2 is 2.00 bits per heavy atom. The molecule has 1 heterocycles. The van der Waals surface area contributed by atoms with E-state index in [1.807, 2.05) is 0 Å². The van der Waals surface area contributed by atoms with Gasteiger partial charge in [0.25, 0.3) is 0 Å². The first-order valence-corrected chi connectivity index (χ1v) is 8.46. The first-order valence-electron chi connectivity index (χ1n) is 8.46. The number of ether oxygens (including phenoxy) is 2. The molecule has 0 spiro atoms. The normalized spacial score (nSPS) is 34.2. The maximum atomic E-state index is 12.3. The zero-order valence-corrected chi connectivity index (χ0v) is 15.4. The topological polar surface area (TPSA) is 89.9 Å². The lowest BCUT2D eigenvalue weighted by Crippen LogP contribution is -2.41. The Labute approximate surface area is 152 Å². The van der Waals surface area contributed by atoms with Crippen LogP contribution in [0.25, 0.3) is 0 Å². The Morgan fingerprint density at radius 3 is 2.62 bits per heavy atom. The summed E-state index contributed by atoms with van der Waals surface area (Å²) < 4.78 is 10.9. The number of aliphatic hydroxyl groups is 1. The second-order valence-corrected chi connectivity index (χ2v) is 6.77. The van der Waals surface area contributed by atoms with Gasteiger partial charge in [-0.2, -0.15) is 0 Å². The SMILES string of the molecule is C=C1C(=O)O[C@H]2[C@H]1[C@@H](OC(=O)/C(C)=C\C)C/C(C)=C\C(=O)/C=C(\C)[C@@H]2O. The average Bonchev–Trinajstić information content (AvgIpc) is 2.86. The van der Waals surface area contributed by atoms with Gasteiger partial charge < -0.3 is 14.6 Å². The first kappa shape index (κ1) is 19.8. The molecule has 0 radical (unpaired) electrons. The summed E-state index contributed by atoms with van der Waals surface area (Å²) in [5.74, 6) is -2.15. The van der Waals surface area contributed by atoms with Gasteiger partial charge >= 0.3 is 11.9 Å². The third-order valence-corrected chi connectivity index (χ3v) is 4.74. The van der Waals surface area contributed by atoms with Crippen LogP contribution in [0.2, 0.25) is 0 Å². The number of carbonyl (C=O) groups is 3. The highest BCUT2D eigenvalue weighted by Crippen LogP contribution is 2.37. The minimum atomic E-state index is -1.19. The number of hydrogen-bond donors (Lipinski definition) is 1. The Morgan fingerprint density at radius 1 is 1.35 bits per heavy atom. The van der Waals surface area contributed by atoms with Gasteiger partial charge in [-0.05, 0) is 45.4 Å². The molecule has 2 aliphatic rings. The van der Waals surface area contributed by atoms with Gasteiger partial charge in [0, 0.05) is 17.6 Å². The van der Waals surface area contributed by atoms with E-state index in [1.165, 1.54) is 12.2 Å². The van der Waals surface area contributed by atoms with Gasteiger partial charge in [-0.15, -0.1) is 0 Å². The smallest absolute Gasteiger partial charge is 0.334 e. The summed E-state index contributed by atoms with van der Waals surface area (Å²) in [6.45, 7) is 10.4. The Balaban J connectivity index is 2.49.